The smallest absolute Gasteiger partial charge is 0.317 e. The Balaban J connectivity index is 1.75. The van der Waals surface area contributed by atoms with E-state index in [-0.39, 0.29) is 25.0 Å². The van der Waals surface area contributed by atoms with Gasteiger partial charge >= 0.3 is 12.0 Å². The van der Waals surface area contributed by atoms with E-state index in [1.165, 1.54) is 4.90 Å². The SMILES string of the molecule is O=C(O)C1CCCN(C(=O)NCC(=O)N2CCCCC2)C1. The molecule has 1 unspecified atom stereocenters. The minimum atomic E-state index is -0.864. The Morgan fingerprint density at radius 2 is 1.67 bits per heavy atom. The molecule has 0 aromatic heterocycles. The minimum absolute atomic E-state index is 0.00687. The lowest BCUT2D eigenvalue weighted by Crippen LogP contribution is -2.50. The molecule has 0 aliphatic carbocycles. The molecule has 2 rings (SSSR count). The molecule has 2 heterocycles. The van der Waals surface area contributed by atoms with E-state index in [1.54, 1.807) is 4.90 Å². The second-order valence-electron chi connectivity index (χ2n) is 5.72. The number of piperidine rings is 2. The van der Waals surface area contributed by atoms with E-state index in [0.717, 1.165) is 32.4 Å². The number of hydrogen-bond donors (Lipinski definition) is 2. The number of aliphatic carboxylic acids is 1. The van der Waals surface area contributed by atoms with Gasteiger partial charge in [0.15, 0.2) is 0 Å². The van der Waals surface area contributed by atoms with Crippen LogP contribution in [0.4, 0.5) is 4.79 Å². The maximum atomic E-state index is 12.0. The molecule has 7 heteroatoms. The Bertz CT molecular complexity index is 407. The molecule has 3 amide bonds. The number of nitrogens with one attached hydrogen (secondary N) is 1. The first-order valence-corrected chi connectivity index (χ1v) is 7.61. The van der Waals surface area contributed by atoms with Crippen molar-refractivity contribution >= 4 is 17.9 Å². The lowest BCUT2D eigenvalue weighted by atomic mass is 9.99. The summed E-state index contributed by atoms with van der Waals surface area (Å²) >= 11 is 0. The van der Waals surface area contributed by atoms with E-state index in [0.29, 0.717) is 19.4 Å². The fourth-order valence-electron chi connectivity index (χ4n) is 2.88. The molecule has 0 bridgehead atoms. The van der Waals surface area contributed by atoms with Gasteiger partial charge in [-0.3, -0.25) is 9.59 Å². The molecule has 7 nitrogen and oxygen atoms in total. The summed E-state index contributed by atoms with van der Waals surface area (Å²) in [5.74, 6) is -1.42. The van der Waals surface area contributed by atoms with E-state index in [4.69, 9.17) is 5.11 Å². The average Bonchev–Trinajstić information content (AvgIpc) is 2.53. The zero-order valence-electron chi connectivity index (χ0n) is 12.2. The second kappa shape index (κ2) is 7.28. The summed E-state index contributed by atoms with van der Waals surface area (Å²) in [5.41, 5.74) is 0. The molecule has 2 aliphatic rings. The van der Waals surface area contributed by atoms with Gasteiger partial charge in [-0.05, 0) is 32.1 Å². The quantitative estimate of drug-likeness (QED) is 0.794. The van der Waals surface area contributed by atoms with Crippen LogP contribution in [0.5, 0.6) is 0 Å². The molecule has 0 aromatic rings. The van der Waals surface area contributed by atoms with Crippen molar-refractivity contribution in [2.45, 2.75) is 32.1 Å². The third-order valence-electron chi connectivity index (χ3n) is 4.16. The Labute approximate surface area is 124 Å². The largest absolute Gasteiger partial charge is 0.481 e. The summed E-state index contributed by atoms with van der Waals surface area (Å²) in [4.78, 5) is 38.2. The summed E-state index contributed by atoms with van der Waals surface area (Å²) < 4.78 is 0. The van der Waals surface area contributed by atoms with E-state index >= 15 is 0 Å². The molecule has 21 heavy (non-hydrogen) atoms. The van der Waals surface area contributed by atoms with Crippen LogP contribution in [0.2, 0.25) is 0 Å². The van der Waals surface area contributed by atoms with Gasteiger partial charge in [-0.1, -0.05) is 0 Å². The molecule has 2 saturated heterocycles. The Kier molecular flexibility index (Phi) is 5.41. The van der Waals surface area contributed by atoms with E-state index in [2.05, 4.69) is 5.32 Å². The average molecular weight is 297 g/mol. The molecule has 0 saturated carbocycles. The molecular weight excluding hydrogens is 274 g/mol. The fraction of sp³-hybridized carbons (Fsp3) is 0.786. The second-order valence-corrected chi connectivity index (χ2v) is 5.72. The number of carbonyl (C=O) groups is 3. The van der Waals surface area contributed by atoms with Gasteiger partial charge in [-0.2, -0.15) is 0 Å². The van der Waals surface area contributed by atoms with Crippen LogP contribution in [0.25, 0.3) is 0 Å². The highest BCUT2D eigenvalue weighted by Gasteiger charge is 2.28. The standard InChI is InChI=1S/C14H23N3O4/c18-12(16-6-2-1-3-7-16)9-15-14(21)17-8-4-5-11(10-17)13(19)20/h11H,1-10H2,(H,15,21)(H,19,20). The van der Waals surface area contributed by atoms with Crippen LogP contribution in [-0.4, -0.2) is 65.5 Å². The number of hydrogen-bond acceptors (Lipinski definition) is 3. The van der Waals surface area contributed by atoms with Crippen molar-refractivity contribution in [3.8, 4) is 0 Å². The van der Waals surface area contributed by atoms with Crippen molar-refractivity contribution in [3.63, 3.8) is 0 Å². The number of carboxylic acid groups (broad SMARTS) is 1. The van der Waals surface area contributed by atoms with Gasteiger partial charge in [0.05, 0.1) is 12.5 Å². The van der Waals surface area contributed by atoms with Crippen LogP contribution in [0, 0.1) is 5.92 Å². The zero-order chi connectivity index (χ0) is 15.2. The lowest BCUT2D eigenvalue weighted by Gasteiger charge is -2.31. The normalized spacial score (nSPS) is 22.8. The lowest BCUT2D eigenvalue weighted by molar-refractivity contribution is -0.143. The molecule has 0 aromatic carbocycles. The van der Waals surface area contributed by atoms with Crippen molar-refractivity contribution in [2.75, 3.05) is 32.7 Å². The summed E-state index contributed by atoms with van der Waals surface area (Å²) in [5, 5.41) is 11.6. The van der Waals surface area contributed by atoms with Crippen LogP contribution in [0.3, 0.4) is 0 Å². The number of likely N-dealkylation sites (tertiary alicyclic amines) is 2. The Hall–Kier alpha value is -1.79. The van der Waals surface area contributed by atoms with E-state index in [9.17, 15) is 14.4 Å². The van der Waals surface area contributed by atoms with Crippen molar-refractivity contribution in [3.05, 3.63) is 0 Å². The molecule has 2 fully saturated rings. The third kappa shape index (κ3) is 4.34. The number of carbonyl (C=O) groups excluding carboxylic acids is 2. The maximum Gasteiger partial charge on any atom is 0.317 e. The van der Waals surface area contributed by atoms with Gasteiger partial charge in [-0.25, -0.2) is 4.79 Å². The number of carboxylic acids is 1. The third-order valence-corrected chi connectivity index (χ3v) is 4.16. The molecule has 2 N–H and O–H groups in total. The van der Waals surface area contributed by atoms with Gasteiger partial charge in [0.1, 0.15) is 0 Å². The summed E-state index contributed by atoms with van der Waals surface area (Å²) in [6.07, 6.45) is 4.48. The van der Waals surface area contributed by atoms with Crippen molar-refractivity contribution in [2.24, 2.45) is 5.92 Å². The van der Waals surface area contributed by atoms with E-state index < -0.39 is 11.9 Å². The van der Waals surface area contributed by atoms with Crippen LogP contribution < -0.4 is 5.32 Å². The fourth-order valence-corrected chi connectivity index (χ4v) is 2.88. The first-order valence-electron chi connectivity index (χ1n) is 7.61. The van der Waals surface area contributed by atoms with Gasteiger partial charge in [-0.15, -0.1) is 0 Å². The molecular formula is C14H23N3O4. The number of rotatable bonds is 3. The van der Waals surface area contributed by atoms with E-state index in [1.807, 2.05) is 0 Å². The van der Waals surface area contributed by atoms with Crippen LogP contribution >= 0.6 is 0 Å². The van der Waals surface area contributed by atoms with Gasteiger partial charge < -0.3 is 20.2 Å². The highest BCUT2D eigenvalue weighted by atomic mass is 16.4. The van der Waals surface area contributed by atoms with Gasteiger partial charge in [0.25, 0.3) is 0 Å². The molecule has 2 aliphatic heterocycles. The van der Waals surface area contributed by atoms with Gasteiger partial charge in [0, 0.05) is 26.2 Å². The number of urea groups is 1. The number of amides is 3. The molecule has 1 atom stereocenters. The minimum Gasteiger partial charge on any atom is -0.481 e. The van der Waals surface area contributed by atoms with Crippen molar-refractivity contribution in [1.82, 2.24) is 15.1 Å². The molecule has 118 valence electrons. The molecule has 0 radical (unpaired) electrons. The Morgan fingerprint density at radius 3 is 2.33 bits per heavy atom. The maximum absolute atomic E-state index is 12.0. The highest BCUT2D eigenvalue weighted by molar-refractivity contribution is 5.84. The first kappa shape index (κ1) is 15.6. The summed E-state index contributed by atoms with van der Waals surface area (Å²) in [6, 6.07) is -0.341. The predicted octanol–water partition coefficient (Wildman–Crippen LogP) is 0.505. The molecule has 0 spiro atoms. The van der Waals surface area contributed by atoms with Gasteiger partial charge in [0.2, 0.25) is 5.91 Å². The van der Waals surface area contributed by atoms with Crippen molar-refractivity contribution < 1.29 is 19.5 Å². The Morgan fingerprint density at radius 1 is 1.00 bits per heavy atom. The zero-order valence-corrected chi connectivity index (χ0v) is 12.2. The highest BCUT2D eigenvalue weighted by Crippen LogP contribution is 2.16. The van der Waals surface area contributed by atoms with Crippen LogP contribution in [0.15, 0.2) is 0 Å². The summed E-state index contributed by atoms with van der Waals surface area (Å²) in [6.45, 7) is 2.29. The number of nitrogens with zero attached hydrogens (tertiary/aromatic N) is 2. The van der Waals surface area contributed by atoms with Crippen LogP contribution in [0.1, 0.15) is 32.1 Å². The first-order chi connectivity index (χ1) is 10.1. The topological polar surface area (TPSA) is 90.0 Å². The predicted molar refractivity (Wildman–Crippen MR) is 75.8 cm³/mol. The summed E-state index contributed by atoms with van der Waals surface area (Å²) in [7, 11) is 0. The van der Waals surface area contributed by atoms with Crippen LogP contribution in [-0.2, 0) is 9.59 Å². The van der Waals surface area contributed by atoms with Crippen molar-refractivity contribution in [1.29, 1.82) is 0 Å². The monoisotopic (exact) mass is 297 g/mol.